The lowest BCUT2D eigenvalue weighted by atomic mass is 10.1. The van der Waals surface area contributed by atoms with Crippen molar-refractivity contribution in [2.45, 2.75) is 0 Å². The van der Waals surface area contributed by atoms with Gasteiger partial charge in [-0.3, -0.25) is 0 Å². The van der Waals surface area contributed by atoms with Crippen LogP contribution in [0.15, 0.2) is 109 Å². The van der Waals surface area contributed by atoms with Crippen LogP contribution < -0.4 is 0 Å². The Morgan fingerprint density at radius 3 is 1.19 bits per heavy atom. The Morgan fingerprint density at radius 2 is 0.786 bits per heavy atom. The van der Waals surface area contributed by atoms with E-state index in [0.29, 0.717) is 11.1 Å². The molecule has 196 valence electrons. The predicted molar refractivity (Wildman–Crippen MR) is 182 cm³/mol. The first kappa shape index (κ1) is 25.2. The highest BCUT2D eigenvalue weighted by molar-refractivity contribution is 7.28. The van der Waals surface area contributed by atoms with Crippen LogP contribution in [0.25, 0.3) is 71.3 Å². The number of hydrogen-bond donors (Lipinski definition) is 0. The van der Waals surface area contributed by atoms with Crippen molar-refractivity contribution in [1.82, 2.24) is 0 Å². The minimum Gasteiger partial charge on any atom is -0.192 e. The van der Waals surface area contributed by atoms with Gasteiger partial charge in [-0.25, -0.2) is 0 Å². The van der Waals surface area contributed by atoms with Crippen LogP contribution in [0.4, 0.5) is 0 Å². The van der Waals surface area contributed by atoms with E-state index in [-0.39, 0.29) is 0 Å². The molecular weight excluding hydrogens is 589 g/mol. The molecule has 0 radical (unpaired) electrons. The van der Waals surface area contributed by atoms with Gasteiger partial charge >= 0.3 is 0 Å². The van der Waals surface area contributed by atoms with Gasteiger partial charge in [0.05, 0.1) is 23.3 Å². The first-order valence-corrected chi connectivity index (χ1v) is 16.5. The summed E-state index contributed by atoms with van der Waals surface area (Å²) >= 11 is 7.32. The summed E-state index contributed by atoms with van der Waals surface area (Å²) in [5, 5.41) is 23.4. The third-order valence-corrected chi connectivity index (χ3v) is 12.5. The van der Waals surface area contributed by atoms with Gasteiger partial charge in [-0.1, -0.05) is 48.5 Å². The minimum absolute atomic E-state index is 0.683. The highest BCUT2D eigenvalue weighted by Gasteiger charge is 2.15. The molecule has 0 atom stereocenters. The van der Waals surface area contributed by atoms with E-state index in [9.17, 15) is 0 Å². The Kier molecular flexibility index (Phi) is 6.03. The molecule has 42 heavy (non-hydrogen) atoms. The third-order valence-electron chi connectivity index (χ3n) is 7.45. The summed E-state index contributed by atoms with van der Waals surface area (Å²) in [6, 6.07) is 42.5. The summed E-state index contributed by atoms with van der Waals surface area (Å²) in [4.78, 5) is 7.51. The van der Waals surface area contributed by atoms with E-state index in [1.807, 2.05) is 71.2 Å². The van der Waals surface area contributed by atoms with Crippen molar-refractivity contribution in [3.8, 4) is 52.5 Å². The molecule has 6 heteroatoms. The molecule has 4 aromatic carbocycles. The maximum atomic E-state index is 9.11. The smallest absolute Gasteiger partial charge is 0.0991 e. The summed E-state index contributed by atoms with van der Waals surface area (Å²) in [5.41, 5.74) is 3.65. The summed E-state index contributed by atoms with van der Waals surface area (Å²) < 4.78 is 2.65. The molecule has 0 amide bonds. The van der Waals surface area contributed by atoms with Gasteiger partial charge in [0.15, 0.2) is 0 Å². The van der Waals surface area contributed by atoms with Gasteiger partial charge in [-0.15, -0.1) is 45.3 Å². The molecule has 0 saturated carbocycles. The molecule has 8 aromatic rings. The first-order valence-electron chi connectivity index (χ1n) is 13.3. The topological polar surface area (TPSA) is 47.6 Å². The number of thiophene rings is 4. The van der Waals surface area contributed by atoms with Crippen molar-refractivity contribution in [3.63, 3.8) is 0 Å². The van der Waals surface area contributed by atoms with Gasteiger partial charge in [-0.2, -0.15) is 10.5 Å². The molecule has 8 rings (SSSR count). The molecule has 0 aliphatic carbocycles. The fraction of sp³-hybridized carbons (Fsp3) is 0. The second-order valence-electron chi connectivity index (χ2n) is 9.99. The van der Waals surface area contributed by atoms with Crippen LogP contribution >= 0.6 is 45.3 Å². The normalized spacial score (nSPS) is 11.3. The Balaban J connectivity index is 1.15. The maximum Gasteiger partial charge on any atom is 0.0991 e. The summed E-state index contributed by atoms with van der Waals surface area (Å²) in [6.07, 6.45) is 0. The van der Waals surface area contributed by atoms with E-state index >= 15 is 0 Å². The number of hydrogen-bond acceptors (Lipinski definition) is 6. The van der Waals surface area contributed by atoms with E-state index in [1.54, 1.807) is 22.7 Å². The van der Waals surface area contributed by atoms with Crippen LogP contribution in [0.3, 0.4) is 0 Å². The fourth-order valence-corrected chi connectivity index (χ4v) is 9.87. The van der Waals surface area contributed by atoms with Crippen LogP contribution in [0.5, 0.6) is 0 Å². The average Bonchev–Trinajstić information content (AvgIpc) is 3.85. The first-order chi connectivity index (χ1) is 20.7. The van der Waals surface area contributed by atoms with E-state index in [0.717, 1.165) is 11.1 Å². The molecule has 0 fully saturated rings. The highest BCUT2D eigenvalue weighted by atomic mass is 32.1. The van der Waals surface area contributed by atoms with Crippen LogP contribution in [-0.2, 0) is 0 Å². The zero-order chi connectivity index (χ0) is 28.2. The molecule has 0 aliphatic heterocycles. The van der Waals surface area contributed by atoms with Crippen molar-refractivity contribution in [1.29, 1.82) is 10.5 Å². The van der Waals surface area contributed by atoms with Gasteiger partial charge < -0.3 is 0 Å². The molecule has 0 bridgehead atoms. The van der Waals surface area contributed by atoms with Gasteiger partial charge in [-0.05, 0) is 82.6 Å². The summed E-state index contributed by atoms with van der Waals surface area (Å²) in [6.45, 7) is 0. The average molecular weight is 607 g/mol. The van der Waals surface area contributed by atoms with Crippen LogP contribution in [0.1, 0.15) is 11.1 Å². The second kappa shape index (κ2) is 10.1. The van der Waals surface area contributed by atoms with Crippen molar-refractivity contribution < 1.29 is 0 Å². The molecule has 0 spiro atoms. The maximum absolute atomic E-state index is 9.11. The van der Waals surface area contributed by atoms with Crippen LogP contribution in [-0.4, -0.2) is 0 Å². The van der Waals surface area contributed by atoms with Crippen molar-refractivity contribution in [2.75, 3.05) is 0 Å². The number of rotatable bonds is 4. The lowest BCUT2D eigenvalue weighted by Gasteiger charge is -2.01. The number of nitrogens with zero attached hydrogens (tertiary/aromatic N) is 2. The lowest BCUT2D eigenvalue weighted by molar-refractivity contribution is 1.49. The molecule has 4 aromatic heterocycles. The number of nitriles is 2. The largest absolute Gasteiger partial charge is 0.192 e. The van der Waals surface area contributed by atoms with E-state index in [2.05, 4.69) is 72.8 Å². The Morgan fingerprint density at radius 1 is 0.381 bits per heavy atom. The molecule has 4 heterocycles. The Bertz CT molecular complexity index is 2200. The monoisotopic (exact) mass is 606 g/mol. The molecule has 0 saturated heterocycles. The molecule has 0 N–H and O–H groups in total. The predicted octanol–water partition coefficient (Wildman–Crippen LogP) is 11.8. The Hall–Kier alpha value is -4.56. The molecule has 0 aliphatic rings. The summed E-state index contributed by atoms with van der Waals surface area (Å²) in [7, 11) is 0. The zero-order valence-corrected chi connectivity index (χ0v) is 25.2. The standard InChI is InChI=1S/C36H18N2S4/c37-19-21-1-5-23(6-2-21)29-13-15-31(39-29)33-17-25-9-11-28-27(35(25)41-33)12-10-26-18-34(42-36(26)28)32-16-14-30(40-32)24-7-3-22(20-38)4-8-24/h1-18H. The second-order valence-corrected chi connectivity index (χ2v) is 14.3. The SMILES string of the molecule is N#Cc1ccc(-c2ccc(-c3cc4ccc5c(ccc6cc(-c7ccc(-c8ccc(C#N)cc8)s7)sc65)c4s3)s2)cc1. The molecular formula is C36H18N2S4. The number of fused-ring (bicyclic) bond motifs is 5. The van der Waals surface area contributed by atoms with Gasteiger partial charge in [0, 0.05) is 49.4 Å². The highest BCUT2D eigenvalue weighted by Crippen LogP contribution is 2.46. The van der Waals surface area contributed by atoms with Crippen molar-refractivity contribution in [2.24, 2.45) is 0 Å². The quantitative estimate of drug-likeness (QED) is 0.200. The third kappa shape index (κ3) is 4.25. The van der Waals surface area contributed by atoms with Gasteiger partial charge in [0.25, 0.3) is 0 Å². The molecule has 2 nitrogen and oxygen atoms in total. The van der Waals surface area contributed by atoms with E-state index in [1.165, 1.54) is 60.2 Å². The molecule has 0 unspecified atom stereocenters. The van der Waals surface area contributed by atoms with E-state index < -0.39 is 0 Å². The van der Waals surface area contributed by atoms with Crippen LogP contribution in [0, 0.1) is 22.7 Å². The van der Waals surface area contributed by atoms with E-state index in [4.69, 9.17) is 10.5 Å². The van der Waals surface area contributed by atoms with Crippen molar-refractivity contribution >= 4 is 76.3 Å². The minimum atomic E-state index is 0.683. The van der Waals surface area contributed by atoms with Gasteiger partial charge in [0.2, 0.25) is 0 Å². The fourth-order valence-electron chi connectivity index (χ4n) is 5.31. The van der Waals surface area contributed by atoms with Gasteiger partial charge in [0.1, 0.15) is 0 Å². The number of benzene rings is 4. The van der Waals surface area contributed by atoms with Crippen LogP contribution in [0.2, 0.25) is 0 Å². The van der Waals surface area contributed by atoms with Crippen molar-refractivity contribution in [3.05, 3.63) is 120 Å². The Labute approximate surface area is 258 Å². The lowest BCUT2D eigenvalue weighted by Crippen LogP contribution is -1.74. The summed E-state index contributed by atoms with van der Waals surface area (Å²) in [5.74, 6) is 0. The zero-order valence-electron chi connectivity index (χ0n) is 21.9.